The second-order valence-electron chi connectivity index (χ2n) is 1.88. The van der Waals surface area contributed by atoms with E-state index in [-0.39, 0.29) is 12.1 Å². The molecule has 0 rings (SSSR count). The van der Waals surface area contributed by atoms with Gasteiger partial charge in [0.25, 0.3) is 0 Å². The van der Waals surface area contributed by atoms with Crippen LogP contribution in [0.2, 0.25) is 0 Å². The lowest BCUT2D eigenvalue weighted by Gasteiger charge is -2.02. The molecule has 0 radical (unpaired) electrons. The molecule has 0 spiro atoms. The first-order valence-electron chi connectivity index (χ1n) is 3.23. The zero-order chi connectivity index (χ0) is 7.11. The van der Waals surface area contributed by atoms with Crippen molar-refractivity contribution in [3.05, 3.63) is 0 Å². The van der Waals surface area contributed by atoms with Crippen LogP contribution in [-0.4, -0.2) is 29.6 Å². The smallest absolute Gasteiger partial charge is 0.0932 e. The number of amidine groups is 1. The minimum Gasteiger partial charge on any atom is -0.412 e. The van der Waals surface area contributed by atoms with Crippen molar-refractivity contribution in [3.63, 3.8) is 0 Å². The van der Waals surface area contributed by atoms with Gasteiger partial charge in [0.2, 0.25) is 0 Å². The van der Waals surface area contributed by atoms with Gasteiger partial charge in [-0.15, -0.1) is 0 Å². The van der Waals surface area contributed by atoms with E-state index in [0.29, 0.717) is 12.4 Å². The quantitative estimate of drug-likeness (QED) is 0.371. The van der Waals surface area contributed by atoms with Crippen LogP contribution in [0, 0.1) is 5.41 Å². The fourth-order valence-corrected chi connectivity index (χ4v) is 0.545. The summed E-state index contributed by atoms with van der Waals surface area (Å²) in [6.45, 7) is 2.63. The van der Waals surface area contributed by atoms with E-state index in [0.717, 1.165) is 12.8 Å². The topological polar surface area (TPSA) is 87.6 Å². The Balaban J connectivity index is 0. The Labute approximate surface area is 61.1 Å². The van der Waals surface area contributed by atoms with Gasteiger partial charge in [0.05, 0.1) is 12.4 Å². The molecule has 0 aliphatic rings. The van der Waals surface area contributed by atoms with Gasteiger partial charge in [0.1, 0.15) is 0 Å². The standard InChI is InChI=1S/C6H14N2O.H2O/c1-2-3-6(7)8-4-5-9;/h9H,2-5H2,1H3,(H2,7,8);1H2. The predicted molar refractivity (Wildman–Crippen MR) is 41.3 cm³/mol. The summed E-state index contributed by atoms with van der Waals surface area (Å²) in [6, 6.07) is 0. The Morgan fingerprint density at radius 2 is 2.20 bits per heavy atom. The van der Waals surface area contributed by atoms with Crippen LogP contribution in [0.25, 0.3) is 0 Å². The molecular formula is C6H16N2O2. The maximum Gasteiger partial charge on any atom is 0.0932 e. The molecule has 0 bridgehead atoms. The molecule has 4 heteroatoms. The van der Waals surface area contributed by atoms with Crippen molar-refractivity contribution < 1.29 is 10.6 Å². The highest BCUT2D eigenvalue weighted by Gasteiger charge is 1.90. The first-order valence-corrected chi connectivity index (χ1v) is 3.23. The summed E-state index contributed by atoms with van der Waals surface area (Å²) in [7, 11) is 0. The van der Waals surface area contributed by atoms with Gasteiger partial charge in [-0.2, -0.15) is 0 Å². The highest BCUT2D eigenvalue weighted by atomic mass is 16.3. The Hall–Kier alpha value is -0.610. The average Bonchev–Trinajstić information content (AvgIpc) is 1.85. The third-order valence-corrected chi connectivity index (χ3v) is 0.950. The predicted octanol–water partition coefficient (Wildman–Crippen LogP) is -0.479. The molecule has 0 fully saturated rings. The minimum atomic E-state index is 0. The van der Waals surface area contributed by atoms with Crippen LogP contribution >= 0.6 is 0 Å². The van der Waals surface area contributed by atoms with Gasteiger partial charge >= 0.3 is 0 Å². The monoisotopic (exact) mass is 148 g/mol. The fraction of sp³-hybridized carbons (Fsp3) is 0.833. The van der Waals surface area contributed by atoms with E-state index in [1.165, 1.54) is 0 Å². The van der Waals surface area contributed by atoms with Gasteiger partial charge in [-0.3, -0.25) is 5.41 Å². The Bertz CT molecular complexity index is 85.8. The molecule has 0 aliphatic carbocycles. The van der Waals surface area contributed by atoms with Gasteiger partial charge in [-0.05, 0) is 6.42 Å². The molecule has 5 N–H and O–H groups in total. The summed E-state index contributed by atoms with van der Waals surface area (Å²) >= 11 is 0. The van der Waals surface area contributed by atoms with Crippen LogP contribution in [0.3, 0.4) is 0 Å². The lowest BCUT2D eigenvalue weighted by atomic mass is 10.3. The molecule has 0 aliphatic heterocycles. The summed E-state index contributed by atoms with van der Waals surface area (Å²) in [5.41, 5.74) is 0. The zero-order valence-electron chi connectivity index (χ0n) is 6.28. The molecule has 62 valence electrons. The van der Waals surface area contributed by atoms with E-state index >= 15 is 0 Å². The third-order valence-electron chi connectivity index (χ3n) is 0.950. The van der Waals surface area contributed by atoms with Crippen molar-refractivity contribution in [1.29, 1.82) is 5.41 Å². The van der Waals surface area contributed by atoms with Crippen molar-refractivity contribution >= 4 is 5.84 Å². The van der Waals surface area contributed by atoms with Crippen LogP contribution in [0.4, 0.5) is 0 Å². The number of hydrogen-bond donors (Lipinski definition) is 3. The van der Waals surface area contributed by atoms with Crippen molar-refractivity contribution in [3.8, 4) is 0 Å². The number of rotatable bonds is 4. The number of nitrogens with one attached hydrogen (secondary N) is 2. The highest BCUT2D eigenvalue weighted by molar-refractivity contribution is 5.78. The van der Waals surface area contributed by atoms with E-state index in [9.17, 15) is 0 Å². The van der Waals surface area contributed by atoms with E-state index < -0.39 is 0 Å². The van der Waals surface area contributed by atoms with Gasteiger partial charge in [0, 0.05) is 13.0 Å². The second kappa shape index (κ2) is 8.39. The Morgan fingerprint density at radius 1 is 1.60 bits per heavy atom. The Kier molecular flexibility index (Phi) is 10.2. The SMILES string of the molecule is CCCC(=N)NCCO.O. The fourth-order valence-electron chi connectivity index (χ4n) is 0.545. The molecular weight excluding hydrogens is 132 g/mol. The summed E-state index contributed by atoms with van der Waals surface area (Å²) < 4.78 is 0. The summed E-state index contributed by atoms with van der Waals surface area (Å²) in [5.74, 6) is 0.520. The minimum absolute atomic E-state index is 0. The molecule has 0 saturated carbocycles. The first-order chi connectivity index (χ1) is 4.31. The molecule has 0 atom stereocenters. The molecule has 0 aromatic carbocycles. The van der Waals surface area contributed by atoms with E-state index in [2.05, 4.69) is 5.32 Å². The van der Waals surface area contributed by atoms with Crippen LogP contribution in [0.15, 0.2) is 0 Å². The van der Waals surface area contributed by atoms with Gasteiger partial charge < -0.3 is 15.9 Å². The number of aliphatic hydroxyl groups is 1. The summed E-state index contributed by atoms with van der Waals surface area (Å²) in [5, 5.41) is 18.3. The lowest BCUT2D eigenvalue weighted by molar-refractivity contribution is 0.300. The molecule has 0 heterocycles. The summed E-state index contributed by atoms with van der Waals surface area (Å²) in [6.07, 6.45) is 1.76. The number of aliphatic hydroxyl groups excluding tert-OH is 1. The van der Waals surface area contributed by atoms with Gasteiger partial charge in [-0.1, -0.05) is 6.92 Å². The molecule has 10 heavy (non-hydrogen) atoms. The normalized spacial score (nSPS) is 8.20. The third kappa shape index (κ3) is 7.39. The van der Waals surface area contributed by atoms with Gasteiger partial charge in [0.15, 0.2) is 0 Å². The van der Waals surface area contributed by atoms with Crippen molar-refractivity contribution in [1.82, 2.24) is 5.32 Å². The van der Waals surface area contributed by atoms with Crippen LogP contribution in [0.5, 0.6) is 0 Å². The van der Waals surface area contributed by atoms with Crippen molar-refractivity contribution in [2.24, 2.45) is 0 Å². The molecule has 0 saturated heterocycles. The highest BCUT2D eigenvalue weighted by Crippen LogP contribution is 1.84. The lowest BCUT2D eigenvalue weighted by Crippen LogP contribution is -2.25. The molecule has 0 aromatic heterocycles. The Morgan fingerprint density at radius 3 is 2.60 bits per heavy atom. The largest absolute Gasteiger partial charge is 0.412 e. The van der Waals surface area contributed by atoms with Gasteiger partial charge in [-0.25, -0.2) is 0 Å². The van der Waals surface area contributed by atoms with Crippen molar-refractivity contribution in [2.45, 2.75) is 19.8 Å². The van der Waals surface area contributed by atoms with E-state index in [1.807, 2.05) is 6.92 Å². The van der Waals surface area contributed by atoms with Crippen molar-refractivity contribution in [2.75, 3.05) is 13.2 Å². The average molecular weight is 148 g/mol. The molecule has 0 amide bonds. The molecule has 4 nitrogen and oxygen atoms in total. The molecule has 0 unspecified atom stereocenters. The van der Waals surface area contributed by atoms with E-state index in [4.69, 9.17) is 10.5 Å². The number of hydrogen-bond acceptors (Lipinski definition) is 2. The molecule has 0 aromatic rings. The van der Waals surface area contributed by atoms with E-state index in [1.54, 1.807) is 0 Å². The van der Waals surface area contributed by atoms with Crippen LogP contribution < -0.4 is 5.32 Å². The second-order valence-corrected chi connectivity index (χ2v) is 1.88. The maximum absolute atomic E-state index is 8.32. The first kappa shape index (κ1) is 12.1. The zero-order valence-corrected chi connectivity index (χ0v) is 6.28. The summed E-state index contributed by atoms with van der Waals surface area (Å²) in [4.78, 5) is 0. The maximum atomic E-state index is 8.32. The van der Waals surface area contributed by atoms with Crippen LogP contribution in [0.1, 0.15) is 19.8 Å². The van der Waals surface area contributed by atoms with Crippen LogP contribution in [-0.2, 0) is 0 Å².